The predicted octanol–water partition coefficient (Wildman–Crippen LogP) is 3.93. The summed E-state index contributed by atoms with van der Waals surface area (Å²) in [5, 5.41) is 14.5. The fourth-order valence-electron chi connectivity index (χ4n) is 3.07. The fourth-order valence-corrected chi connectivity index (χ4v) is 4.04. The number of nitrogens with zero attached hydrogens (tertiary/aromatic N) is 3. The van der Waals surface area contributed by atoms with E-state index in [4.69, 9.17) is 4.74 Å². The molecule has 0 atom stereocenters. The van der Waals surface area contributed by atoms with Crippen LogP contribution in [0.3, 0.4) is 0 Å². The van der Waals surface area contributed by atoms with E-state index >= 15 is 0 Å². The van der Waals surface area contributed by atoms with Gasteiger partial charge in [-0.1, -0.05) is 45.9 Å². The summed E-state index contributed by atoms with van der Waals surface area (Å²) < 4.78 is 8.42. The third kappa shape index (κ3) is 6.82. The Hall–Kier alpha value is -2.85. The van der Waals surface area contributed by atoms with Crippen molar-refractivity contribution in [1.29, 1.82) is 0 Å². The summed E-state index contributed by atoms with van der Waals surface area (Å²) in [6, 6.07) is 11.5. The molecule has 0 spiro atoms. The Morgan fingerprint density at radius 2 is 1.79 bits per heavy atom. The zero-order valence-corrected chi connectivity index (χ0v) is 21.3. The minimum Gasteiger partial charge on any atom is -0.483 e. The van der Waals surface area contributed by atoms with Crippen LogP contribution in [0.2, 0.25) is 0 Å². The lowest BCUT2D eigenvalue weighted by molar-refractivity contribution is -0.123. The van der Waals surface area contributed by atoms with Gasteiger partial charge in [0.2, 0.25) is 5.91 Å². The number of carbonyl (C=O) groups is 2. The smallest absolute Gasteiger partial charge is 0.258 e. The summed E-state index contributed by atoms with van der Waals surface area (Å²) >= 11 is 4.72. The summed E-state index contributed by atoms with van der Waals surface area (Å²) in [6.07, 6.45) is 0. The van der Waals surface area contributed by atoms with E-state index in [0.29, 0.717) is 11.0 Å². The molecule has 2 aromatic carbocycles. The molecule has 0 bridgehead atoms. The van der Waals surface area contributed by atoms with Gasteiger partial charge in [0.05, 0.1) is 12.3 Å². The number of hydrogen-bond donors (Lipinski definition) is 2. The topological polar surface area (TPSA) is 98.1 Å². The Morgan fingerprint density at radius 1 is 1.06 bits per heavy atom. The second-order valence-corrected chi connectivity index (χ2v) is 9.34. The molecule has 0 saturated heterocycles. The maximum atomic E-state index is 12.3. The van der Waals surface area contributed by atoms with E-state index in [1.807, 2.05) is 57.2 Å². The Balaban J connectivity index is 1.46. The Morgan fingerprint density at radius 3 is 2.48 bits per heavy atom. The lowest BCUT2D eigenvalue weighted by atomic mass is 10.1. The lowest BCUT2D eigenvalue weighted by Crippen LogP contribution is -2.29. The average molecular weight is 532 g/mol. The highest BCUT2D eigenvalue weighted by atomic mass is 79.9. The molecule has 0 aliphatic carbocycles. The molecule has 0 saturated carbocycles. The number of ether oxygens (including phenoxy) is 1. The van der Waals surface area contributed by atoms with Crippen LogP contribution in [0.5, 0.6) is 5.75 Å². The van der Waals surface area contributed by atoms with Gasteiger partial charge in [0, 0.05) is 17.2 Å². The molecule has 1 heterocycles. The highest BCUT2D eigenvalue weighted by Crippen LogP contribution is 2.22. The predicted molar refractivity (Wildman–Crippen MR) is 132 cm³/mol. The molecule has 3 aromatic rings. The first-order valence-corrected chi connectivity index (χ1v) is 12.0. The SMILES string of the molecule is Cc1cc(NC(=O)CSc2nnc(CNC(=O)COc3c(C)cccc3C)n2C)ccc1Br. The van der Waals surface area contributed by atoms with Gasteiger partial charge >= 0.3 is 0 Å². The van der Waals surface area contributed by atoms with Crippen molar-refractivity contribution in [3.8, 4) is 5.75 Å². The third-order valence-corrected chi connectivity index (χ3v) is 6.81. The van der Waals surface area contributed by atoms with Gasteiger partial charge in [-0.3, -0.25) is 9.59 Å². The number of aryl methyl sites for hydroxylation is 3. The molecule has 0 fully saturated rings. The van der Waals surface area contributed by atoms with Crippen LogP contribution in [0.15, 0.2) is 46.0 Å². The first-order chi connectivity index (χ1) is 15.7. The van der Waals surface area contributed by atoms with E-state index < -0.39 is 0 Å². The van der Waals surface area contributed by atoms with Crippen molar-refractivity contribution in [2.75, 3.05) is 17.7 Å². The van der Waals surface area contributed by atoms with Crippen LogP contribution in [0.25, 0.3) is 0 Å². The van der Waals surface area contributed by atoms with Gasteiger partial charge in [0.15, 0.2) is 17.6 Å². The van der Waals surface area contributed by atoms with Crippen molar-refractivity contribution in [3.63, 3.8) is 0 Å². The number of para-hydroxylation sites is 1. The van der Waals surface area contributed by atoms with Crippen LogP contribution in [0, 0.1) is 20.8 Å². The zero-order valence-electron chi connectivity index (χ0n) is 18.9. The van der Waals surface area contributed by atoms with Crippen LogP contribution < -0.4 is 15.4 Å². The molecule has 0 radical (unpaired) electrons. The number of carbonyl (C=O) groups excluding carboxylic acids is 2. The minimum absolute atomic E-state index is 0.0825. The van der Waals surface area contributed by atoms with Crippen molar-refractivity contribution in [3.05, 3.63) is 63.4 Å². The van der Waals surface area contributed by atoms with Gasteiger partial charge in [-0.15, -0.1) is 10.2 Å². The largest absolute Gasteiger partial charge is 0.483 e. The zero-order chi connectivity index (χ0) is 24.0. The summed E-state index contributed by atoms with van der Waals surface area (Å²) in [6.45, 7) is 5.98. The highest BCUT2D eigenvalue weighted by Gasteiger charge is 2.13. The van der Waals surface area contributed by atoms with Gasteiger partial charge in [0.1, 0.15) is 5.75 Å². The van der Waals surface area contributed by atoms with Crippen LogP contribution >= 0.6 is 27.7 Å². The number of benzene rings is 2. The maximum Gasteiger partial charge on any atom is 0.258 e. The first-order valence-electron chi connectivity index (χ1n) is 10.3. The highest BCUT2D eigenvalue weighted by molar-refractivity contribution is 9.10. The monoisotopic (exact) mass is 531 g/mol. The van der Waals surface area contributed by atoms with E-state index in [1.165, 1.54) is 11.8 Å². The number of anilines is 1. The number of aromatic nitrogens is 3. The number of rotatable bonds is 9. The summed E-state index contributed by atoms with van der Waals surface area (Å²) in [4.78, 5) is 24.5. The molecular formula is C23H26BrN5O3S. The Bertz CT molecular complexity index is 1140. The molecule has 2 N–H and O–H groups in total. The first kappa shape index (κ1) is 24.8. The van der Waals surface area contributed by atoms with Gasteiger partial charge in [0.25, 0.3) is 5.91 Å². The molecule has 2 amide bonds. The molecular weight excluding hydrogens is 506 g/mol. The third-order valence-electron chi connectivity index (χ3n) is 4.90. The van der Waals surface area contributed by atoms with Crippen molar-refractivity contribution in [2.45, 2.75) is 32.5 Å². The second-order valence-electron chi connectivity index (χ2n) is 7.54. The number of amides is 2. The number of thioether (sulfide) groups is 1. The number of nitrogens with one attached hydrogen (secondary N) is 2. The van der Waals surface area contributed by atoms with Crippen LogP contribution in [0.4, 0.5) is 5.69 Å². The molecule has 10 heteroatoms. The van der Waals surface area contributed by atoms with E-state index in [-0.39, 0.29) is 30.7 Å². The standard InChI is InChI=1S/C23H26BrN5O3S/c1-14-6-5-7-15(2)22(14)32-12-20(30)25-11-19-27-28-23(29(19)4)33-13-21(31)26-17-8-9-18(24)16(3)10-17/h5-10H,11-13H2,1-4H3,(H,25,30)(H,26,31). The Labute approximate surface area is 205 Å². The molecule has 33 heavy (non-hydrogen) atoms. The van der Waals surface area contributed by atoms with Gasteiger partial charge in [-0.2, -0.15) is 0 Å². The molecule has 8 nitrogen and oxygen atoms in total. The quantitative estimate of drug-likeness (QED) is 0.406. The van der Waals surface area contributed by atoms with Crippen molar-refractivity contribution in [2.24, 2.45) is 7.05 Å². The fraction of sp³-hybridized carbons (Fsp3) is 0.304. The summed E-state index contributed by atoms with van der Waals surface area (Å²) in [7, 11) is 1.80. The van der Waals surface area contributed by atoms with Crippen molar-refractivity contribution < 1.29 is 14.3 Å². The molecule has 0 aliphatic heterocycles. The average Bonchev–Trinajstić information content (AvgIpc) is 3.12. The number of halogens is 1. The van der Waals surface area contributed by atoms with Gasteiger partial charge < -0.3 is 19.9 Å². The van der Waals surface area contributed by atoms with Crippen LogP contribution in [0.1, 0.15) is 22.5 Å². The van der Waals surface area contributed by atoms with Crippen molar-refractivity contribution >= 4 is 45.2 Å². The van der Waals surface area contributed by atoms with Crippen molar-refractivity contribution in [1.82, 2.24) is 20.1 Å². The molecule has 1 aromatic heterocycles. The van der Waals surface area contributed by atoms with E-state index in [9.17, 15) is 9.59 Å². The Kier molecular flexibility index (Phi) is 8.51. The van der Waals surface area contributed by atoms with Crippen LogP contribution in [-0.2, 0) is 23.2 Å². The molecule has 174 valence electrons. The number of hydrogen-bond acceptors (Lipinski definition) is 6. The minimum atomic E-state index is -0.251. The lowest BCUT2D eigenvalue weighted by Gasteiger charge is -2.12. The summed E-state index contributed by atoms with van der Waals surface area (Å²) in [5.41, 5.74) is 3.75. The maximum absolute atomic E-state index is 12.3. The van der Waals surface area contributed by atoms with E-state index in [2.05, 4.69) is 36.8 Å². The van der Waals surface area contributed by atoms with Gasteiger partial charge in [-0.25, -0.2) is 0 Å². The van der Waals surface area contributed by atoms with E-state index in [0.717, 1.165) is 32.6 Å². The second kappa shape index (κ2) is 11.3. The van der Waals surface area contributed by atoms with Crippen LogP contribution in [-0.4, -0.2) is 38.9 Å². The molecule has 0 aliphatic rings. The van der Waals surface area contributed by atoms with Gasteiger partial charge in [-0.05, 0) is 55.7 Å². The molecule has 3 rings (SSSR count). The normalized spacial score (nSPS) is 10.7. The van der Waals surface area contributed by atoms with E-state index in [1.54, 1.807) is 11.6 Å². The summed E-state index contributed by atoms with van der Waals surface area (Å²) in [5.74, 6) is 1.11. The molecule has 0 unspecified atom stereocenters.